The van der Waals surface area contributed by atoms with Crippen molar-refractivity contribution >= 4 is 17.3 Å². The first kappa shape index (κ1) is 24.5. The number of hydrogen-bond donors (Lipinski definition) is 0. The SMILES string of the molecule is CCc1nc2c(nc1-c1ccc(C(C)C)nc1OC)c(C)cn2C(CC)CN(C)C(=O)OC. The molecule has 3 heterocycles. The van der Waals surface area contributed by atoms with Gasteiger partial charge >= 0.3 is 6.09 Å². The van der Waals surface area contributed by atoms with E-state index in [1.54, 1.807) is 19.1 Å². The highest BCUT2D eigenvalue weighted by molar-refractivity contribution is 5.81. The van der Waals surface area contributed by atoms with E-state index >= 15 is 0 Å². The highest BCUT2D eigenvalue weighted by atomic mass is 16.5. The number of aromatic nitrogens is 4. The number of nitrogens with zero attached hydrogens (tertiary/aromatic N) is 5. The highest BCUT2D eigenvalue weighted by Crippen LogP contribution is 2.34. The first-order chi connectivity index (χ1) is 15.7. The molecule has 1 unspecified atom stereocenters. The summed E-state index contributed by atoms with van der Waals surface area (Å²) in [4.78, 5) is 28.3. The molecule has 8 nitrogen and oxygen atoms in total. The van der Waals surface area contributed by atoms with E-state index < -0.39 is 0 Å². The van der Waals surface area contributed by atoms with Gasteiger partial charge in [-0.15, -0.1) is 0 Å². The van der Waals surface area contributed by atoms with Crippen LogP contribution in [0.3, 0.4) is 0 Å². The third kappa shape index (κ3) is 4.79. The number of likely N-dealkylation sites (N-methyl/N-ethyl adjacent to an activating group) is 1. The van der Waals surface area contributed by atoms with Crippen molar-refractivity contribution < 1.29 is 14.3 Å². The molecule has 3 aromatic rings. The zero-order valence-corrected chi connectivity index (χ0v) is 21.0. The second-order valence-electron chi connectivity index (χ2n) is 8.62. The van der Waals surface area contributed by atoms with Gasteiger partial charge in [0.05, 0.1) is 37.2 Å². The molecule has 0 aliphatic carbocycles. The van der Waals surface area contributed by atoms with E-state index in [2.05, 4.69) is 38.5 Å². The molecule has 0 fully saturated rings. The molecule has 33 heavy (non-hydrogen) atoms. The summed E-state index contributed by atoms with van der Waals surface area (Å²) in [5.74, 6) is 0.866. The zero-order valence-electron chi connectivity index (χ0n) is 21.0. The van der Waals surface area contributed by atoms with Crippen LogP contribution in [0.5, 0.6) is 5.88 Å². The molecule has 1 amide bonds. The first-order valence-corrected chi connectivity index (χ1v) is 11.5. The minimum absolute atomic E-state index is 0.0525. The maximum Gasteiger partial charge on any atom is 0.409 e. The quantitative estimate of drug-likeness (QED) is 0.469. The van der Waals surface area contributed by atoms with Crippen LogP contribution in [0.25, 0.3) is 22.4 Å². The monoisotopic (exact) mass is 453 g/mol. The van der Waals surface area contributed by atoms with Crippen molar-refractivity contribution in [1.82, 2.24) is 24.4 Å². The Morgan fingerprint density at radius 3 is 2.45 bits per heavy atom. The Morgan fingerprint density at radius 2 is 1.88 bits per heavy atom. The number of hydrogen-bond acceptors (Lipinski definition) is 6. The topological polar surface area (TPSA) is 82.4 Å². The van der Waals surface area contributed by atoms with Gasteiger partial charge in [0.2, 0.25) is 5.88 Å². The lowest BCUT2D eigenvalue weighted by Gasteiger charge is -2.24. The lowest BCUT2D eigenvalue weighted by molar-refractivity contribution is 0.127. The number of carbonyl (C=O) groups is 1. The minimum Gasteiger partial charge on any atom is -0.480 e. The fourth-order valence-electron chi connectivity index (χ4n) is 4.05. The molecule has 178 valence electrons. The molecule has 8 heteroatoms. The lowest BCUT2D eigenvalue weighted by atomic mass is 10.1. The fourth-order valence-corrected chi connectivity index (χ4v) is 4.05. The van der Waals surface area contributed by atoms with Crippen LogP contribution >= 0.6 is 0 Å². The number of methoxy groups -OCH3 is 2. The summed E-state index contributed by atoms with van der Waals surface area (Å²) in [5, 5.41) is 0. The van der Waals surface area contributed by atoms with Gasteiger partial charge in [-0.25, -0.2) is 19.7 Å². The molecule has 0 saturated heterocycles. The summed E-state index contributed by atoms with van der Waals surface area (Å²) in [5.41, 5.74) is 6.20. The maximum absolute atomic E-state index is 11.9. The van der Waals surface area contributed by atoms with Crippen molar-refractivity contribution in [2.45, 2.75) is 59.4 Å². The molecule has 1 atom stereocenters. The molecular weight excluding hydrogens is 418 g/mol. The number of amides is 1. The average Bonchev–Trinajstić information content (AvgIpc) is 3.15. The second kappa shape index (κ2) is 10.2. The van der Waals surface area contributed by atoms with E-state index in [4.69, 9.17) is 24.4 Å². The number of carbonyl (C=O) groups excluding carboxylic acids is 1. The van der Waals surface area contributed by atoms with Crippen molar-refractivity contribution in [2.75, 3.05) is 27.8 Å². The molecule has 0 aliphatic heterocycles. The summed E-state index contributed by atoms with van der Waals surface area (Å²) >= 11 is 0. The molecule has 0 N–H and O–H groups in total. The summed E-state index contributed by atoms with van der Waals surface area (Å²) in [6.07, 6.45) is 3.28. The van der Waals surface area contributed by atoms with Crippen molar-refractivity contribution in [3.63, 3.8) is 0 Å². The van der Waals surface area contributed by atoms with E-state index in [0.29, 0.717) is 18.3 Å². The molecular formula is C25H35N5O3. The van der Waals surface area contributed by atoms with Crippen LogP contribution in [0.2, 0.25) is 0 Å². The third-order valence-corrected chi connectivity index (χ3v) is 5.99. The molecule has 0 spiro atoms. The van der Waals surface area contributed by atoms with E-state index in [1.807, 2.05) is 19.1 Å². The van der Waals surface area contributed by atoms with Crippen molar-refractivity contribution in [2.24, 2.45) is 0 Å². The summed E-state index contributed by atoms with van der Waals surface area (Å²) in [7, 11) is 4.78. The Bertz CT molecular complexity index is 1140. The smallest absolute Gasteiger partial charge is 0.409 e. The Labute approximate surface area is 196 Å². The molecule has 0 saturated carbocycles. The predicted molar refractivity (Wildman–Crippen MR) is 130 cm³/mol. The molecule has 3 aromatic heterocycles. The normalized spacial score (nSPS) is 12.3. The average molecular weight is 454 g/mol. The van der Waals surface area contributed by atoms with Gasteiger partial charge in [-0.2, -0.15) is 0 Å². The van der Waals surface area contributed by atoms with Gasteiger partial charge in [-0.05, 0) is 43.4 Å². The summed E-state index contributed by atoms with van der Waals surface area (Å²) in [6.45, 7) is 11.0. The number of rotatable bonds is 8. The van der Waals surface area contributed by atoms with Crippen LogP contribution in [0.1, 0.15) is 63.0 Å². The van der Waals surface area contributed by atoms with Gasteiger partial charge in [0.25, 0.3) is 0 Å². The summed E-state index contributed by atoms with van der Waals surface area (Å²) in [6, 6.07) is 4.11. The van der Waals surface area contributed by atoms with E-state index in [-0.39, 0.29) is 12.1 Å². The van der Waals surface area contributed by atoms with Crippen LogP contribution in [-0.4, -0.2) is 58.3 Å². The maximum atomic E-state index is 11.9. The van der Waals surface area contributed by atoms with E-state index in [0.717, 1.165) is 52.2 Å². The Hall–Kier alpha value is -3.16. The van der Waals surface area contributed by atoms with Crippen molar-refractivity contribution in [3.05, 3.63) is 35.3 Å². The van der Waals surface area contributed by atoms with Crippen LogP contribution in [0.15, 0.2) is 18.3 Å². The van der Waals surface area contributed by atoms with Crippen LogP contribution in [-0.2, 0) is 11.2 Å². The number of aryl methyl sites for hydroxylation is 2. The number of ether oxygens (including phenoxy) is 2. The lowest BCUT2D eigenvalue weighted by Crippen LogP contribution is -2.32. The van der Waals surface area contributed by atoms with Gasteiger partial charge in [0, 0.05) is 25.5 Å². The fraction of sp³-hybridized carbons (Fsp3) is 0.520. The molecule has 0 radical (unpaired) electrons. The molecule has 0 aliphatic rings. The summed E-state index contributed by atoms with van der Waals surface area (Å²) < 4.78 is 12.6. The van der Waals surface area contributed by atoms with Gasteiger partial charge in [0.1, 0.15) is 5.52 Å². The van der Waals surface area contributed by atoms with Crippen LogP contribution in [0, 0.1) is 6.92 Å². The zero-order chi connectivity index (χ0) is 24.3. The van der Waals surface area contributed by atoms with Gasteiger partial charge in [-0.1, -0.05) is 27.7 Å². The standard InChI is InChI=1S/C25H35N5O3/c1-9-17(14-29(6)25(31)33-8)30-13-16(5)21-23(30)26-19(10-2)22(28-21)18-11-12-20(15(3)4)27-24(18)32-7/h11-13,15,17H,9-10,14H2,1-8H3. The largest absolute Gasteiger partial charge is 0.480 e. The van der Waals surface area contributed by atoms with Crippen molar-refractivity contribution in [1.29, 1.82) is 0 Å². The Balaban J connectivity index is 2.14. The van der Waals surface area contributed by atoms with Gasteiger partial charge in [-0.3, -0.25) is 0 Å². The van der Waals surface area contributed by atoms with Crippen molar-refractivity contribution in [3.8, 4) is 17.1 Å². The molecule has 0 aromatic carbocycles. The Morgan fingerprint density at radius 1 is 1.15 bits per heavy atom. The van der Waals surface area contributed by atoms with Gasteiger partial charge in [0.15, 0.2) is 5.65 Å². The number of pyridine rings is 1. The predicted octanol–water partition coefficient (Wildman–Crippen LogP) is 5.15. The Kier molecular flexibility index (Phi) is 7.56. The minimum atomic E-state index is -0.353. The highest BCUT2D eigenvalue weighted by Gasteiger charge is 2.23. The molecule has 0 bridgehead atoms. The van der Waals surface area contributed by atoms with Crippen LogP contribution in [0.4, 0.5) is 4.79 Å². The second-order valence-corrected chi connectivity index (χ2v) is 8.62. The van der Waals surface area contributed by atoms with Gasteiger partial charge < -0.3 is 18.9 Å². The van der Waals surface area contributed by atoms with E-state index in [9.17, 15) is 4.79 Å². The first-order valence-electron chi connectivity index (χ1n) is 11.5. The molecule has 3 rings (SSSR count). The third-order valence-electron chi connectivity index (χ3n) is 5.99. The van der Waals surface area contributed by atoms with E-state index in [1.165, 1.54) is 7.11 Å². The van der Waals surface area contributed by atoms with Crippen LogP contribution < -0.4 is 4.74 Å². The number of fused-ring (bicyclic) bond motifs is 1.